The van der Waals surface area contributed by atoms with Gasteiger partial charge in [-0.3, -0.25) is 9.59 Å². The predicted molar refractivity (Wildman–Crippen MR) is 100 cm³/mol. The number of carbonyl (C=O) groups is 3. The van der Waals surface area contributed by atoms with Gasteiger partial charge in [0.1, 0.15) is 17.8 Å². The number of aliphatic carboxylic acids is 1. The molecule has 1 aromatic rings. The van der Waals surface area contributed by atoms with Crippen molar-refractivity contribution in [2.45, 2.75) is 58.0 Å². The Morgan fingerprint density at radius 2 is 1.81 bits per heavy atom. The zero-order valence-electron chi connectivity index (χ0n) is 15.9. The van der Waals surface area contributed by atoms with Crippen molar-refractivity contribution < 1.29 is 24.2 Å². The number of carboxylic acid groups (broad SMARTS) is 1. The van der Waals surface area contributed by atoms with Crippen molar-refractivity contribution in [2.75, 3.05) is 6.61 Å². The highest BCUT2D eigenvalue weighted by Gasteiger charge is 2.28. The summed E-state index contributed by atoms with van der Waals surface area (Å²) in [6.07, 6.45) is 2.88. The van der Waals surface area contributed by atoms with E-state index in [1.807, 2.05) is 13.8 Å². The fourth-order valence-corrected chi connectivity index (χ4v) is 2.95. The summed E-state index contributed by atoms with van der Waals surface area (Å²) in [5, 5.41) is 14.8. The average molecular weight is 376 g/mol. The lowest BCUT2D eigenvalue weighted by atomic mass is 10.0. The first-order chi connectivity index (χ1) is 12.9. The molecule has 0 fully saturated rings. The number of amides is 2. The number of hydrogen-bond acceptors (Lipinski definition) is 4. The third-order valence-corrected chi connectivity index (χ3v) is 4.56. The molecule has 2 atom stereocenters. The van der Waals surface area contributed by atoms with Crippen molar-refractivity contribution in [3.8, 4) is 5.75 Å². The summed E-state index contributed by atoms with van der Waals surface area (Å²) in [6, 6.07) is 5.37. The van der Waals surface area contributed by atoms with Gasteiger partial charge in [-0.15, -0.1) is 0 Å². The molecular weight excluding hydrogens is 348 g/mol. The molecule has 148 valence electrons. The smallest absolute Gasteiger partial charge is 0.326 e. The minimum absolute atomic E-state index is 0.153. The Morgan fingerprint density at radius 3 is 2.44 bits per heavy atom. The highest BCUT2D eigenvalue weighted by molar-refractivity contribution is 5.90. The lowest BCUT2D eigenvalue weighted by Gasteiger charge is -2.24. The Bertz CT molecular complexity index is 657. The van der Waals surface area contributed by atoms with E-state index in [0.717, 1.165) is 24.2 Å². The summed E-state index contributed by atoms with van der Waals surface area (Å²) in [5.41, 5.74) is 0.782. The summed E-state index contributed by atoms with van der Waals surface area (Å²) in [7, 11) is 0. The second-order valence-electron chi connectivity index (χ2n) is 7.20. The highest BCUT2D eigenvalue weighted by Crippen LogP contribution is 2.15. The second kappa shape index (κ2) is 9.94. The Hall–Kier alpha value is -2.57. The zero-order valence-corrected chi connectivity index (χ0v) is 15.9. The van der Waals surface area contributed by atoms with Gasteiger partial charge in [-0.2, -0.15) is 0 Å². The summed E-state index contributed by atoms with van der Waals surface area (Å²) in [5.74, 6) is -1.23. The van der Waals surface area contributed by atoms with Crippen molar-refractivity contribution in [2.24, 2.45) is 5.92 Å². The van der Waals surface area contributed by atoms with Crippen LogP contribution >= 0.6 is 0 Å². The van der Waals surface area contributed by atoms with E-state index in [9.17, 15) is 19.5 Å². The molecule has 0 aliphatic carbocycles. The van der Waals surface area contributed by atoms with Gasteiger partial charge in [0.2, 0.25) is 11.8 Å². The van der Waals surface area contributed by atoms with E-state index in [1.165, 1.54) is 0 Å². The van der Waals surface area contributed by atoms with Crippen LogP contribution in [0.25, 0.3) is 0 Å². The maximum absolute atomic E-state index is 12.6. The van der Waals surface area contributed by atoms with Gasteiger partial charge in [0.25, 0.3) is 0 Å². The van der Waals surface area contributed by atoms with E-state index in [-0.39, 0.29) is 18.2 Å². The maximum Gasteiger partial charge on any atom is 0.326 e. The van der Waals surface area contributed by atoms with Crippen LogP contribution in [0.5, 0.6) is 5.75 Å². The average Bonchev–Trinajstić information content (AvgIpc) is 2.62. The number of rotatable bonds is 2. The standard InChI is InChI=1S/C20H28N2O5/c1-13(2)18-19(24)21-16(20(25)26)12-14-7-9-15(10-8-14)27-11-5-3-4-6-17(23)22-18/h7-10,13,16,18H,3-6,11-12H2,1-2H3,(H,21,24)(H,22,23)(H,25,26)/t16-,18-/m0/s1. The summed E-state index contributed by atoms with van der Waals surface area (Å²) in [4.78, 5) is 36.4. The van der Waals surface area contributed by atoms with E-state index in [1.54, 1.807) is 24.3 Å². The van der Waals surface area contributed by atoms with E-state index >= 15 is 0 Å². The Morgan fingerprint density at radius 1 is 1.11 bits per heavy atom. The number of carboxylic acids is 1. The minimum Gasteiger partial charge on any atom is -0.494 e. The first-order valence-corrected chi connectivity index (χ1v) is 9.41. The van der Waals surface area contributed by atoms with Crippen molar-refractivity contribution in [1.29, 1.82) is 0 Å². The molecule has 0 spiro atoms. The summed E-state index contributed by atoms with van der Waals surface area (Å²) in [6.45, 7) is 4.20. The number of fused-ring (bicyclic) bond motifs is 14. The van der Waals surface area contributed by atoms with Crippen LogP contribution in [0, 0.1) is 5.92 Å². The van der Waals surface area contributed by atoms with Crippen LogP contribution in [0.15, 0.2) is 24.3 Å². The third kappa shape index (κ3) is 6.58. The summed E-state index contributed by atoms with van der Waals surface area (Å²) < 4.78 is 5.66. The van der Waals surface area contributed by atoms with Gasteiger partial charge < -0.3 is 20.5 Å². The molecule has 3 rings (SSSR count). The van der Waals surface area contributed by atoms with Gasteiger partial charge >= 0.3 is 5.97 Å². The predicted octanol–water partition coefficient (Wildman–Crippen LogP) is 1.89. The van der Waals surface area contributed by atoms with Crippen LogP contribution in [-0.4, -0.2) is 41.6 Å². The molecule has 0 aromatic heterocycles. The fraction of sp³-hybridized carbons (Fsp3) is 0.550. The second-order valence-corrected chi connectivity index (χ2v) is 7.20. The van der Waals surface area contributed by atoms with Gasteiger partial charge in [-0.1, -0.05) is 26.0 Å². The molecule has 7 heteroatoms. The van der Waals surface area contributed by atoms with Crippen LogP contribution in [0.2, 0.25) is 0 Å². The quantitative estimate of drug-likeness (QED) is 0.731. The molecule has 0 saturated carbocycles. The van der Waals surface area contributed by atoms with Crippen LogP contribution in [-0.2, 0) is 20.8 Å². The van der Waals surface area contributed by atoms with Crippen LogP contribution < -0.4 is 15.4 Å². The maximum atomic E-state index is 12.6. The molecule has 0 unspecified atom stereocenters. The first-order valence-electron chi connectivity index (χ1n) is 9.41. The Labute approximate surface area is 159 Å². The highest BCUT2D eigenvalue weighted by atomic mass is 16.5. The molecule has 2 amide bonds. The van der Waals surface area contributed by atoms with E-state index in [2.05, 4.69) is 10.6 Å². The van der Waals surface area contributed by atoms with E-state index in [4.69, 9.17) is 4.74 Å². The minimum atomic E-state index is -1.12. The largest absolute Gasteiger partial charge is 0.494 e. The van der Waals surface area contributed by atoms with Gasteiger partial charge in [0, 0.05) is 12.8 Å². The van der Waals surface area contributed by atoms with Gasteiger partial charge in [0.05, 0.1) is 6.61 Å². The molecule has 1 aromatic carbocycles. The normalized spacial score (nSPS) is 22.5. The monoisotopic (exact) mass is 376 g/mol. The fourth-order valence-electron chi connectivity index (χ4n) is 2.95. The first kappa shape index (κ1) is 20.7. The Kier molecular flexibility index (Phi) is 7.64. The van der Waals surface area contributed by atoms with Crippen LogP contribution in [0.1, 0.15) is 45.1 Å². The van der Waals surface area contributed by atoms with E-state index in [0.29, 0.717) is 19.4 Å². The van der Waals surface area contributed by atoms with Crippen molar-refractivity contribution in [1.82, 2.24) is 10.6 Å². The zero-order chi connectivity index (χ0) is 19.8. The number of nitrogens with one attached hydrogen (secondary N) is 2. The summed E-state index contributed by atoms with van der Waals surface area (Å²) >= 11 is 0. The van der Waals surface area contributed by atoms with Gasteiger partial charge in [-0.25, -0.2) is 4.79 Å². The van der Waals surface area contributed by atoms with E-state index < -0.39 is 24.0 Å². The molecule has 0 saturated heterocycles. The third-order valence-electron chi connectivity index (χ3n) is 4.56. The molecular formula is C20H28N2O5. The molecule has 0 radical (unpaired) electrons. The number of carbonyl (C=O) groups excluding carboxylic acids is 2. The van der Waals surface area contributed by atoms with Crippen molar-refractivity contribution >= 4 is 17.8 Å². The molecule has 3 N–H and O–H groups in total. The van der Waals surface area contributed by atoms with Crippen molar-refractivity contribution in [3.63, 3.8) is 0 Å². The number of hydrogen-bond donors (Lipinski definition) is 3. The van der Waals surface area contributed by atoms with Crippen molar-refractivity contribution in [3.05, 3.63) is 29.8 Å². The lowest BCUT2D eigenvalue weighted by Crippen LogP contribution is -2.54. The van der Waals surface area contributed by atoms with Gasteiger partial charge in [0.15, 0.2) is 0 Å². The molecule has 2 aliphatic rings. The van der Waals surface area contributed by atoms with Crippen LogP contribution in [0.3, 0.4) is 0 Å². The molecule has 27 heavy (non-hydrogen) atoms. The topological polar surface area (TPSA) is 105 Å². The lowest BCUT2D eigenvalue weighted by molar-refractivity contribution is -0.142. The van der Waals surface area contributed by atoms with Gasteiger partial charge in [-0.05, 0) is 42.9 Å². The molecule has 2 heterocycles. The number of benzene rings is 1. The Balaban J connectivity index is 2.20. The SMILES string of the molecule is CC(C)[C@@H]1NC(=O)CCCCCOc2ccc(cc2)C[C@@H](C(=O)O)NC1=O. The van der Waals surface area contributed by atoms with Crippen LogP contribution in [0.4, 0.5) is 0 Å². The molecule has 2 bridgehead atoms. The molecule has 2 aliphatic heterocycles. The number of ether oxygens (including phenoxy) is 1. The molecule has 7 nitrogen and oxygen atoms in total.